The molecule has 0 atom stereocenters. The first-order chi connectivity index (χ1) is 15.6. The first kappa shape index (κ1) is 22.3. The van der Waals surface area contributed by atoms with Crippen molar-refractivity contribution in [3.8, 4) is 0 Å². The Morgan fingerprint density at radius 3 is 2.78 bits per heavy atom. The average Bonchev–Trinajstić information content (AvgIpc) is 3.18. The molecule has 2 aliphatic rings. The quantitative estimate of drug-likeness (QED) is 0.252. The number of fused-ring (bicyclic) bond motifs is 5. The maximum atomic E-state index is 6.24. The van der Waals surface area contributed by atoms with Crippen molar-refractivity contribution in [2.75, 3.05) is 37.0 Å². The Bertz CT molecular complexity index is 1110. The summed E-state index contributed by atoms with van der Waals surface area (Å²) in [7, 11) is 0. The summed E-state index contributed by atoms with van der Waals surface area (Å²) in [6.45, 7) is 10.4. The SMILES string of the molecule is CCCCCCSc1ncnc2c1sc1nc(N3CCOCC3)c3c(c12)CC(C)(C)OC3. The van der Waals surface area contributed by atoms with Crippen molar-refractivity contribution in [2.24, 2.45) is 0 Å². The van der Waals surface area contributed by atoms with Gasteiger partial charge in [0.15, 0.2) is 0 Å². The molecule has 2 aliphatic heterocycles. The van der Waals surface area contributed by atoms with E-state index < -0.39 is 0 Å². The van der Waals surface area contributed by atoms with Crippen LogP contribution in [0.15, 0.2) is 11.4 Å². The summed E-state index contributed by atoms with van der Waals surface area (Å²) in [5.74, 6) is 2.17. The Labute approximate surface area is 198 Å². The van der Waals surface area contributed by atoms with E-state index in [4.69, 9.17) is 19.4 Å². The normalized spacial score (nSPS) is 18.4. The first-order valence-corrected chi connectivity index (χ1v) is 13.6. The van der Waals surface area contributed by atoms with Crippen molar-refractivity contribution in [1.82, 2.24) is 15.0 Å². The van der Waals surface area contributed by atoms with E-state index >= 15 is 0 Å². The summed E-state index contributed by atoms with van der Waals surface area (Å²) in [6, 6.07) is 0. The number of pyridine rings is 1. The third kappa shape index (κ3) is 4.34. The summed E-state index contributed by atoms with van der Waals surface area (Å²) >= 11 is 3.62. The number of unbranched alkanes of at least 4 members (excludes halogenated alkanes) is 3. The third-order valence-corrected chi connectivity index (χ3v) is 8.61. The van der Waals surface area contributed by atoms with Crippen LogP contribution in [0.2, 0.25) is 0 Å². The van der Waals surface area contributed by atoms with Crippen LogP contribution in [0.1, 0.15) is 57.6 Å². The van der Waals surface area contributed by atoms with Crippen LogP contribution in [-0.4, -0.2) is 52.6 Å². The minimum absolute atomic E-state index is 0.193. The number of rotatable bonds is 7. The van der Waals surface area contributed by atoms with Crippen LogP contribution < -0.4 is 4.90 Å². The molecule has 0 aromatic carbocycles. The van der Waals surface area contributed by atoms with Crippen LogP contribution in [0.5, 0.6) is 0 Å². The van der Waals surface area contributed by atoms with Gasteiger partial charge in [-0.2, -0.15) is 0 Å². The predicted octanol–water partition coefficient (Wildman–Crippen LogP) is 5.60. The fraction of sp³-hybridized carbons (Fsp3) is 0.625. The standard InChI is InChI=1S/C24H32N4O2S2/c1-4-5-6-7-12-31-23-20-19(25-15-26-23)18-16-13-24(2,3)30-14-17(16)21(27-22(18)32-20)28-8-10-29-11-9-28/h15H,4-14H2,1-3H3. The summed E-state index contributed by atoms with van der Waals surface area (Å²) in [4.78, 5) is 18.0. The van der Waals surface area contributed by atoms with Gasteiger partial charge in [-0.15, -0.1) is 23.1 Å². The Balaban J connectivity index is 1.60. The fourth-order valence-electron chi connectivity index (χ4n) is 4.61. The molecular formula is C24H32N4O2S2. The highest BCUT2D eigenvalue weighted by Gasteiger charge is 2.33. The average molecular weight is 473 g/mol. The van der Waals surface area contributed by atoms with Gasteiger partial charge in [0.2, 0.25) is 0 Å². The van der Waals surface area contributed by atoms with Gasteiger partial charge in [0.1, 0.15) is 22.0 Å². The van der Waals surface area contributed by atoms with Crippen LogP contribution in [0, 0.1) is 0 Å². The highest BCUT2D eigenvalue weighted by molar-refractivity contribution is 7.99. The molecule has 8 heteroatoms. The molecule has 32 heavy (non-hydrogen) atoms. The topological polar surface area (TPSA) is 60.4 Å². The van der Waals surface area contributed by atoms with Crippen molar-refractivity contribution in [1.29, 1.82) is 0 Å². The molecule has 0 saturated carbocycles. The van der Waals surface area contributed by atoms with E-state index in [0.717, 1.165) is 59.7 Å². The second kappa shape index (κ2) is 9.41. The second-order valence-corrected chi connectivity index (χ2v) is 11.3. The third-order valence-electron chi connectivity index (χ3n) is 6.32. The lowest BCUT2D eigenvalue weighted by Gasteiger charge is -2.36. The van der Waals surface area contributed by atoms with Crippen molar-refractivity contribution >= 4 is 49.3 Å². The smallest absolute Gasteiger partial charge is 0.136 e. The summed E-state index contributed by atoms with van der Waals surface area (Å²) in [5.41, 5.74) is 3.45. The van der Waals surface area contributed by atoms with E-state index in [9.17, 15) is 0 Å². The molecule has 3 aromatic rings. The molecule has 0 bridgehead atoms. The number of hydrogen-bond acceptors (Lipinski definition) is 8. The Morgan fingerprint density at radius 1 is 1.12 bits per heavy atom. The van der Waals surface area contributed by atoms with E-state index in [1.165, 1.54) is 46.9 Å². The van der Waals surface area contributed by atoms with Crippen molar-refractivity contribution in [2.45, 2.75) is 70.1 Å². The molecule has 5 heterocycles. The number of anilines is 1. The highest BCUT2D eigenvalue weighted by atomic mass is 32.2. The summed E-state index contributed by atoms with van der Waals surface area (Å²) in [6.07, 6.45) is 7.69. The number of morpholine rings is 1. The van der Waals surface area contributed by atoms with Gasteiger partial charge in [-0.05, 0) is 31.6 Å². The van der Waals surface area contributed by atoms with Crippen LogP contribution in [0.25, 0.3) is 20.4 Å². The van der Waals surface area contributed by atoms with E-state index in [2.05, 4.69) is 30.7 Å². The van der Waals surface area contributed by atoms with E-state index in [0.29, 0.717) is 6.61 Å². The van der Waals surface area contributed by atoms with Crippen molar-refractivity contribution < 1.29 is 9.47 Å². The number of thioether (sulfide) groups is 1. The molecule has 6 nitrogen and oxygen atoms in total. The molecule has 1 fully saturated rings. The van der Waals surface area contributed by atoms with E-state index in [-0.39, 0.29) is 5.60 Å². The van der Waals surface area contributed by atoms with Crippen molar-refractivity contribution in [3.63, 3.8) is 0 Å². The molecule has 0 unspecified atom stereocenters. The molecule has 1 saturated heterocycles. The lowest BCUT2D eigenvalue weighted by atomic mass is 9.90. The Hall–Kier alpha value is -1.48. The molecule has 0 radical (unpaired) electrons. The van der Waals surface area contributed by atoms with Gasteiger partial charge in [-0.3, -0.25) is 0 Å². The number of ether oxygens (including phenoxy) is 2. The fourth-order valence-corrected chi connectivity index (χ4v) is 6.84. The molecule has 0 spiro atoms. The van der Waals surface area contributed by atoms with Gasteiger partial charge >= 0.3 is 0 Å². The molecular weight excluding hydrogens is 440 g/mol. The van der Waals surface area contributed by atoms with E-state index in [1.807, 2.05) is 11.8 Å². The minimum atomic E-state index is -0.193. The van der Waals surface area contributed by atoms with Gasteiger partial charge < -0.3 is 14.4 Å². The van der Waals surface area contributed by atoms with E-state index in [1.54, 1.807) is 17.7 Å². The zero-order valence-electron chi connectivity index (χ0n) is 19.3. The molecule has 0 amide bonds. The molecule has 3 aromatic heterocycles. The zero-order valence-corrected chi connectivity index (χ0v) is 20.9. The number of hydrogen-bond donors (Lipinski definition) is 0. The van der Waals surface area contributed by atoms with Gasteiger partial charge in [0, 0.05) is 30.5 Å². The van der Waals surface area contributed by atoms with Crippen LogP contribution in [0.4, 0.5) is 5.82 Å². The predicted molar refractivity (Wildman–Crippen MR) is 133 cm³/mol. The minimum Gasteiger partial charge on any atom is -0.378 e. The number of aromatic nitrogens is 3. The van der Waals surface area contributed by atoms with Gasteiger partial charge in [0.05, 0.1) is 35.6 Å². The Morgan fingerprint density at radius 2 is 1.97 bits per heavy atom. The Kier molecular flexibility index (Phi) is 6.56. The molecule has 172 valence electrons. The zero-order chi connectivity index (χ0) is 22.1. The molecule has 5 rings (SSSR count). The van der Waals surface area contributed by atoms with Crippen LogP contribution in [0.3, 0.4) is 0 Å². The molecule has 0 aliphatic carbocycles. The van der Waals surface area contributed by atoms with Gasteiger partial charge in [-0.1, -0.05) is 26.2 Å². The van der Waals surface area contributed by atoms with Gasteiger partial charge in [0.25, 0.3) is 0 Å². The molecule has 0 N–H and O–H groups in total. The van der Waals surface area contributed by atoms with Gasteiger partial charge in [-0.25, -0.2) is 15.0 Å². The monoisotopic (exact) mass is 472 g/mol. The summed E-state index contributed by atoms with van der Waals surface area (Å²) in [5, 5.41) is 2.31. The summed E-state index contributed by atoms with van der Waals surface area (Å²) < 4.78 is 13.0. The number of nitrogens with zero attached hydrogens (tertiary/aromatic N) is 4. The largest absolute Gasteiger partial charge is 0.378 e. The van der Waals surface area contributed by atoms with Crippen LogP contribution in [-0.2, 0) is 22.5 Å². The lowest BCUT2D eigenvalue weighted by molar-refractivity contribution is -0.0396. The maximum absolute atomic E-state index is 6.24. The van der Waals surface area contributed by atoms with Crippen molar-refractivity contribution in [3.05, 3.63) is 17.5 Å². The maximum Gasteiger partial charge on any atom is 0.136 e. The number of thiophene rings is 1. The lowest BCUT2D eigenvalue weighted by Crippen LogP contribution is -2.39. The highest BCUT2D eigenvalue weighted by Crippen LogP contribution is 2.44. The second-order valence-electron chi connectivity index (χ2n) is 9.26. The van der Waals surface area contributed by atoms with Crippen LogP contribution >= 0.6 is 23.1 Å². The first-order valence-electron chi connectivity index (χ1n) is 11.8.